The highest BCUT2D eigenvalue weighted by Crippen LogP contribution is 2.25. The summed E-state index contributed by atoms with van der Waals surface area (Å²) in [5.41, 5.74) is 5.91. The molecule has 0 bridgehead atoms. The molecular formula is C29H26N4O. The van der Waals surface area contributed by atoms with E-state index < -0.39 is 0 Å². The number of carbonyl (C=O) groups excluding carboxylic acids is 1. The van der Waals surface area contributed by atoms with Crippen molar-refractivity contribution < 1.29 is 4.79 Å². The first kappa shape index (κ1) is 21.5. The lowest BCUT2D eigenvalue weighted by Crippen LogP contribution is -2.25. The molecule has 0 spiro atoms. The molecular weight excluding hydrogens is 420 g/mol. The van der Waals surface area contributed by atoms with Gasteiger partial charge in [0.1, 0.15) is 5.69 Å². The summed E-state index contributed by atoms with van der Waals surface area (Å²) >= 11 is 0. The molecule has 4 aromatic carbocycles. The van der Waals surface area contributed by atoms with Gasteiger partial charge in [-0.2, -0.15) is 5.10 Å². The molecule has 0 aliphatic heterocycles. The van der Waals surface area contributed by atoms with Gasteiger partial charge in [-0.1, -0.05) is 72.8 Å². The van der Waals surface area contributed by atoms with Gasteiger partial charge in [0.2, 0.25) is 0 Å². The molecule has 1 heterocycles. The summed E-state index contributed by atoms with van der Waals surface area (Å²) in [6.07, 6.45) is 1.62. The molecule has 0 radical (unpaired) electrons. The first-order valence-electron chi connectivity index (χ1n) is 11.3. The zero-order chi connectivity index (χ0) is 23.5. The number of carbonyl (C=O) groups is 1. The summed E-state index contributed by atoms with van der Waals surface area (Å²) in [6, 6.07) is 30.6. The molecule has 0 aliphatic carbocycles. The molecule has 5 aromatic rings. The van der Waals surface area contributed by atoms with E-state index in [9.17, 15) is 4.79 Å². The molecule has 5 nitrogen and oxygen atoms in total. The highest BCUT2D eigenvalue weighted by molar-refractivity contribution is 6.00. The Hall–Kier alpha value is -4.38. The lowest BCUT2D eigenvalue weighted by atomic mass is 10.0. The predicted octanol–water partition coefficient (Wildman–Crippen LogP) is 5.37. The van der Waals surface area contributed by atoms with Crippen molar-refractivity contribution in [3.63, 3.8) is 0 Å². The van der Waals surface area contributed by atoms with E-state index in [1.54, 1.807) is 6.21 Å². The Morgan fingerprint density at radius 2 is 1.74 bits per heavy atom. The predicted molar refractivity (Wildman–Crippen MR) is 139 cm³/mol. The smallest absolute Gasteiger partial charge is 0.268 e. The molecule has 34 heavy (non-hydrogen) atoms. The molecule has 0 saturated carbocycles. The van der Waals surface area contributed by atoms with Gasteiger partial charge in [-0.25, -0.2) is 0 Å². The van der Waals surface area contributed by atoms with Crippen molar-refractivity contribution in [1.82, 2.24) is 9.88 Å². The van der Waals surface area contributed by atoms with E-state index >= 15 is 0 Å². The SMILES string of the molecule is Cc1cccc2c1cc(C(=O)NCc1cccc3ccccc13)n2Cc1cccc(/C=N/N)c1. The largest absolute Gasteiger partial charge is 0.347 e. The highest BCUT2D eigenvalue weighted by Gasteiger charge is 2.17. The van der Waals surface area contributed by atoms with Gasteiger partial charge in [-0.3, -0.25) is 4.79 Å². The zero-order valence-corrected chi connectivity index (χ0v) is 19.0. The average Bonchev–Trinajstić information content (AvgIpc) is 3.22. The number of benzene rings is 4. The molecule has 1 amide bonds. The third-order valence-corrected chi connectivity index (χ3v) is 6.23. The van der Waals surface area contributed by atoms with Crippen molar-refractivity contribution in [2.24, 2.45) is 10.9 Å². The Morgan fingerprint density at radius 3 is 2.62 bits per heavy atom. The van der Waals surface area contributed by atoms with Gasteiger partial charge in [-0.15, -0.1) is 0 Å². The molecule has 168 valence electrons. The van der Waals surface area contributed by atoms with Crippen LogP contribution in [0.2, 0.25) is 0 Å². The van der Waals surface area contributed by atoms with Crippen LogP contribution in [-0.4, -0.2) is 16.7 Å². The molecule has 0 atom stereocenters. The van der Waals surface area contributed by atoms with Gasteiger partial charge >= 0.3 is 0 Å². The second-order valence-electron chi connectivity index (χ2n) is 8.47. The third-order valence-electron chi connectivity index (χ3n) is 6.23. The summed E-state index contributed by atoms with van der Waals surface area (Å²) in [6.45, 7) is 3.10. The quantitative estimate of drug-likeness (QED) is 0.209. The highest BCUT2D eigenvalue weighted by atomic mass is 16.1. The normalized spacial score (nSPS) is 11.4. The maximum atomic E-state index is 13.4. The van der Waals surface area contributed by atoms with Gasteiger partial charge in [0.15, 0.2) is 0 Å². The van der Waals surface area contributed by atoms with Gasteiger partial charge < -0.3 is 15.7 Å². The van der Waals surface area contributed by atoms with Crippen LogP contribution >= 0.6 is 0 Å². The lowest BCUT2D eigenvalue weighted by molar-refractivity contribution is 0.0942. The van der Waals surface area contributed by atoms with E-state index in [0.29, 0.717) is 18.8 Å². The number of rotatable bonds is 6. The monoisotopic (exact) mass is 446 g/mol. The minimum absolute atomic E-state index is 0.0943. The van der Waals surface area contributed by atoms with Gasteiger partial charge in [0.25, 0.3) is 5.91 Å². The lowest BCUT2D eigenvalue weighted by Gasteiger charge is -2.13. The second kappa shape index (κ2) is 9.24. The van der Waals surface area contributed by atoms with Crippen molar-refractivity contribution >= 4 is 33.8 Å². The van der Waals surface area contributed by atoms with Crippen molar-refractivity contribution in [2.75, 3.05) is 0 Å². The number of nitrogens with two attached hydrogens (primary N) is 1. The van der Waals surface area contributed by atoms with Crippen molar-refractivity contribution in [3.8, 4) is 0 Å². The molecule has 1 aromatic heterocycles. The minimum atomic E-state index is -0.0943. The van der Waals surface area contributed by atoms with Crippen LogP contribution in [0.25, 0.3) is 21.7 Å². The topological polar surface area (TPSA) is 72.4 Å². The summed E-state index contributed by atoms with van der Waals surface area (Å²) in [4.78, 5) is 13.4. The van der Waals surface area contributed by atoms with Crippen molar-refractivity contribution in [2.45, 2.75) is 20.0 Å². The van der Waals surface area contributed by atoms with E-state index in [-0.39, 0.29) is 5.91 Å². The fraction of sp³-hybridized carbons (Fsp3) is 0.103. The molecule has 0 saturated heterocycles. The van der Waals surface area contributed by atoms with Crippen LogP contribution in [0.3, 0.4) is 0 Å². The average molecular weight is 447 g/mol. The van der Waals surface area contributed by atoms with E-state index in [2.05, 4.69) is 58.3 Å². The second-order valence-corrected chi connectivity index (χ2v) is 8.47. The standard InChI is InChI=1S/C29H26N4O/c1-20-7-4-14-27-26(20)16-28(33(27)19-22-9-5-8-21(15-22)17-32-30)29(34)31-18-24-12-6-11-23-10-2-3-13-25(23)24/h2-17H,18-19,30H2,1H3,(H,31,34)/b32-17+. The number of aryl methyl sites for hydroxylation is 1. The van der Waals surface area contributed by atoms with E-state index in [4.69, 9.17) is 5.84 Å². The Kier molecular flexibility index (Phi) is 5.83. The van der Waals surface area contributed by atoms with Gasteiger partial charge in [0, 0.05) is 24.0 Å². The maximum absolute atomic E-state index is 13.4. The number of aromatic nitrogens is 1. The molecule has 5 heteroatoms. The first-order chi connectivity index (χ1) is 16.6. The van der Waals surface area contributed by atoms with Crippen LogP contribution in [-0.2, 0) is 13.1 Å². The maximum Gasteiger partial charge on any atom is 0.268 e. The minimum Gasteiger partial charge on any atom is -0.347 e. The first-order valence-corrected chi connectivity index (χ1v) is 11.3. The number of nitrogens with zero attached hydrogens (tertiary/aromatic N) is 2. The fourth-order valence-electron chi connectivity index (χ4n) is 4.54. The number of fused-ring (bicyclic) bond motifs is 2. The number of nitrogens with one attached hydrogen (secondary N) is 1. The van der Waals surface area contributed by atoms with E-state index in [1.807, 2.05) is 54.6 Å². The molecule has 0 aliphatic rings. The van der Waals surface area contributed by atoms with Gasteiger partial charge in [-0.05, 0) is 58.1 Å². The Labute approximate surface area is 198 Å². The third kappa shape index (κ3) is 4.16. The Balaban J connectivity index is 1.49. The van der Waals surface area contributed by atoms with E-state index in [0.717, 1.165) is 38.5 Å². The molecule has 0 fully saturated rings. The van der Waals surface area contributed by atoms with Crippen LogP contribution in [0.15, 0.2) is 96.1 Å². The Morgan fingerprint density at radius 1 is 0.941 bits per heavy atom. The van der Waals surface area contributed by atoms with Crippen molar-refractivity contribution in [3.05, 3.63) is 119 Å². The zero-order valence-electron chi connectivity index (χ0n) is 19.0. The molecule has 3 N–H and O–H groups in total. The van der Waals surface area contributed by atoms with Crippen LogP contribution in [0, 0.1) is 6.92 Å². The molecule has 0 unspecified atom stereocenters. The van der Waals surface area contributed by atoms with Crippen LogP contribution < -0.4 is 11.2 Å². The Bertz CT molecular complexity index is 1530. The summed E-state index contributed by atoms with van der Waals surface area (Å²) in [5.74, 6) is 5.23. The summed E-state index contributed by atoms with van der Waals surface area (Å²) < 4.78 is 2.08. The van der Waals surface area contributed by atoms with Gasteiger partial charge in [0.05, 0.1) is 6.21 Å². The van der Waals surface area contributed by atoms with Crippen LogP contribution in [0.1, 0.15) is 32.7 Å². The summed E-state index contributed by atoms with van der Waals surface area (Å²) in [7, 11) is 0. The molecule has 5 rings (SSSR count). The van der Waals surface area contributed by atoms with Crippen LogP contribution in [0.5, 0.6) is 0 Å². The van der Waals surface area contributed by atoms with Crippen molar-refractivity contribution in [1.29, 1.82) is 0 Å². The summed E-state index contributed by atoms with van der Waals surface area (Å²) in [5, 5.41) is 10.2. The number of hydrogen-bond acceptors (Lipinski definition) is 3. The number of hydrogen-bond donors (Lipinski definition) is 2. The van der Waals surface area contributed by atoms with Crippen LogP contribution in [0.4, 0.5) is 0 Å². The van der Waals surface area contributed by atoms with E-state index in [1.165, 1.54) is 5.39 Å². The fourth-order valence-corrected chi connectivity index (χ4v) is 4.54. The number of amides is 1. The number of hydrazone groups is 1.